The lowest BCUT2D eigenvalue weighted by atomic mass is 10.8. The minimum absolute atomic E-state index is 1.69. The molecule has 1 aromatic heterocycles. The fraction of sp³-hybridized carbons (Fsp3) is 0. The van der Waals surface area contributed by atoms with E-state index in [9.17, 15) is 0 Å². The summed E-state index contributed by atoms with van der Waals surface area (Å²) >= 11 is 0. The van der Waals surface area contributed by atoms with Crippen LogP contribution in [-0.4, -0.2) is 20.0 Å². The first-order valence-corrected chi connectivity index (χ1v) is 3.18. The summed E-state index contributed by atoms with van der Waals surface area (Å²) in [6.07, 6.45) is 3.46. The highest BCUT2D eigenvalue weighted by atomic mass is 31.1. The fourth-order valence-electron chi connectivity index (χ4n) is 0.215. The van der Waals surface area contributed by atoms with E-state index in [2.05, 4.69) is 10.2 Å². The Kier molecular flexibility index (Phi) is 4.91. The molecule has 0 atom stereocenters. The minimum Gasteiger partial charge on any atom is -0.286 e. The number of rotatable bonds is 0. The molecular weight excluding hydrogens is 143 g/mol. The van der Waals surface area contributed by atoms with Gasteiger partial charge in [-0.05, 0) is 6.07 Å². The van der Waals surface area contributed by atoms with Gasteiger partial charge >= 0.3 is 8.25 Å². The number of aromatic amines is 1. The van der Waals surface area contributed by atoms with E-state index in [1.807, 2.05) is 6.07 Å². The second-order valence-corrected chi connectivity index (χ2v) is 1.52. The summed E-state index contributed by atoms with van der Waals surface area (Å²) < 4.78 is 8.70. The van der Waals surface area contributed by atoms with E-state index in [0.29, 0.717) is 0 Å². The van der Waals surface area contributed by atoms with Crippen molar-refractivity contribution >= 4 is 8.25 Å². The van der Waals surface area contributed by atoms with Crippen LogP contribution in [0.5, 0.6) is 0 Å². The SMILES string of the molecule is O=[P+](O)O.c1cn[nH]c1. The van der Waals surface area contributed by atoms with Crippen LogP contribution in [0.1, 0.15) is 0 Å². The van der Waals surface area contributed by atoms with Crippen LogP contribution >= 0.6 is 8.25 Å². The van der Waals surface area contributed by atoms with Gasteiger partial charge in [-0.15, -0.1) is 9.79 Å². The van der Waals surface area contributed by atoms with Crippen LogP contribution in [0.3, 0.4) is 0 Å². The molecule has 6 heteroatoms. The topological polar surface area (TPSA) is 86.2 Å². The van der Waals surface area contributed by atoms with Gasteiger partial charge in [-0.25, -0.2) is 0 Å². The lowest BCUT2D eigenvalue weighted by Gasteiger charge is -1.49. The van der Waals surface area contributed by atoms with Crippen LogP contribution in [0.15, 0.2) is 18.5 Å². The van der Waals surface area contributed by atoms with Crippen molar-refractivity contribution in [1.82, 2.24) is 10.2 Å². The molecule has 0 amide bonds. The lowest BCUT2D eigenvalue weighted by Crippen LogP contribution is -1.53. The lowest BCUT2D eigenvalue weighted by molar-refractivity contribution is 0.405. The fourth-order valence-corrected chi connectivity index (χ4v) is 0.215. The molecule has 0 aromatic carbocycles. The summed E-state index contributed by atoms with van der Waals surface area (Å²) in [5, 5.41) is 6.21. The third-order valence-electron chi connectivity index (χ3n) is 0.406. The largest absolute Gasteiger partial charge is 0.692 e. The summed E-state index contributed by atoms with van der Waals surface area (Å²) in [5.74, 6) is 0. The Morgan fingerprint density at radius 3 is 2.22 bits per heavy atom. The number of nitrogens with one attached hydrogen (secondary N) is 1. The van der Waals surface area contributed by atoms with E-state index in [-0.39, 0.29) is 0 Å². The van der Waals surface area contributed by atoms with Gasteiger partial charge in [0, 0.05) is 17.0 Å². The summed E-state index contributed by atoms with van der Waals surface area (Å²) in [6, 6.07) is 1.83. The molecule has 1 heterocycles. The standard InChI is InChI=1S/C3H4N2.HO3P/c1-2-4-5-3-1;1-4(2)3/h1-3H,(H,4,5);(H-,1,2,3)/p+1. The molecule has 0 spiro atoms. The zero-order valence-electron chi connectivity index (χ0n) is 4.43. The first-order chi connectivity index (χ1) is 4.23. The summed E-state index contributed by atoms with van der Waals surface area (Å²) in [6.45, 7) is 0. The van der Waals surface area contributed by atoms with Crippen molar-refractivity contribution in [2.75, 3.05) is 0 Å². The van der Waals surface area contributed by atoms with E-state index >= 15 is 0 Å². The molecule has 0 fully saturated rings. The van der Waals surface area contributed by atoms with Crippen LogP contribution in [0.2, 0.25) is 0 Å². The van der Waals surface area contributed by atoms with Crippen molar-refractivity contribution in [3.05, 3.63) is 18.5 Å². The van der Waals surface area contributed by atoms with E-state index in [1.165, 1.54) is 0 Å². The second kappa shape index (κ2) is 5.37. The zero-order valence-corrected chi connectivity index (χ0v) is 5.32. The number of hydrogen-bond acceptors (Lipinski definition) is 2. The van der Waals surface area contributed by atoms with Crippen molar-refractivity contribution in [2.24, 2.45) is 0 Å². The Bertz CT molecular complexity index is 131. The summed E-state index contributed by atoms with van der Waals surface area (Å²) in [7, 11) is -2.87. The number of hydrogen-bond donors (Lipinski definition) is 3. The van der Waals surface area contributed by atoms with E-state index in [4.69, 9.17) is 14.4 Å². The Morgan fingerprint density at radius 1 is 1.56 bits per heavy atom. The molecule has 0 aliphatic heterocycles. The quantitative estimate of drug-likeness (QED) is 0.454. The van der Waals surface area contributed by atoms with Gasteiger partial charge < -0.3 is 0 Å². The smallest absolute Gasteiger partial charge is 0.286 e. The number of H-pyrrole nitrogens is 1. The molecule has 1 aromatic rings. The second-order valence-electron chi connectivity index (χ2n) is 1.02. The zero-order chi connectivity index (χ0) is 7.11. The van der Waals surface area contributed by atoms with Gasteiger partial charge in [-0.3, -0.25) is 5.10 Å². The molecule has 0 saturated heterocycles. The Morgan fingerprint density at radius 2 is 2.11 bits per heavy atom. The molecule has 0 radical (unpaired) electrons. The van der Waals surface area contributed by atoms with Gasteiger partial charge in [-0.2, -0.15) is 5.10 Å². The van der Waals surface area contributed by atoms with Gasteiger partial charge in [0.05, 0.1) is 0 Å². The van der Waals surface area contributed by atoms with E-state index in [0.717, 1.165) is 0 Å². The highest BCUT2D eigenvalue weighted by Gasteiger charge is 1.93. The van der Waals surface area contributed by atoms with Crippen molar-refractivity contribution in [3.8, 4) is 0 Å². The average molecular weight is 149 g/mol. The molecular formula is C3H6N2O3P+. The van der Waals surface area contributed by atoms with Gasteiger partial charge in [0.1, 0.15) is 0 Å². The van der Waals surface area contributed by atoms with Crippen LogP contribution < -0.4 is 0 Å². The van der Waals surface area contributed by atoms with Crippen LogP contribution in [-0.2, 0) is 4.57 Å². The normalized spacial score (nSPS) is 7.33. The number of aromatic nitrogens is 2. The van der Waals surface area contributed by atoms with E-state index < -0.39 is 8.25 Å². The van der Waals surface area contributed by atoms with Crippen molar-refractivity contribution in [3.63, 3.8) is 0 Å². The van der Waals surface area contributed by atoms with Gasteiger partial charge in [0.25, 0.3) is 0 Å². The maximum Gasteiger partial charge on any atom is 0.692 e. The summed E-state index contributed by atoms with van der Waals surface area (Å²) in [4.78, 5) is 14.2. The first kappa shape index (κ1) is 8.23. The van der Waals surface area contributed by atoms with Crippen LogP contribution in [0, 0.1) is 0 Å². The molecule has 0 unspecified atom stereocenters. The van der Waals surface area contributed by atoms with E-state index in [1.54, 1.807) is 12.4 Å². The highest BCUT2D eigenvalue weighted by Crippen LogP contribution is 1.98. The maximum atomic E-state index is 8.70. The first-order valence-electron chi connectivity index (χ1n) is 2.02. The molecule has 0 aliphatic rings. The van der Waals surface area contributed by atoms with Gasteiger partial charge in [0.15, 0.2) is 0 Å². The molecule has 50 valence electrons. The molecule has 9 heavy (non-hydrogen) atoms. The molecule has 1 rings (SSSR count). The minimum atomic E-state index is -2.87. The summed E-state index contributed by atoms with van der Waals surface area (Å²) in [5.41, 5.74) is 0. The molecule has 0 saturated carbocycles. The molecule has 0 bridgehead atoms. The average Bonchev–Trinajstić information content (AvgIpc) is 2.11. The van der Waals surface area contributed by atoms with Crippen LogP contribution in [0.4, 0.5) is 0 Å². The van der Waals surface area contributed by atoms with Crippen molar-refractivity contribution in [2.45, 2.75) is 0 Å². The Hall–Kier alpha value is -0.770. The maximum absolute atomic E-state index is 8.70. The monoisotopic (exact) mass is 149 g/mol. The van der Waals surface area contributed by atoms with Gasteiger partial charge in [-0.1, -0.05) is 0 Å². The molecule has 0 aliphatic carbocycles. The predicted octanol–water partition coefficient (Wildman–Crippen LogP) is 0.0381. The molecule has 3 N–H and O–H groups in total. The molecule has 5 nitrogen and oxygen atoms in total. The van der Waals surface area contributed by atoms with Crippen LogP contribution in [0.25, 0.3) is 0 Å². The predicted molar refractivity (Wildman–Crippen MR) is 30.6 cm³/mol. The Labute approximate surface area is 52.3 Å². The third-order valence-corrected chi connectivity index (χ3v) is 0.406. The van der Waals surface area contributed by atoms with Crippen molar-refractivity contribution in [1.29, 1.82) is 0 Å². The van der Waals surface area contributed by atoms with Crippen molar-refractivity contribution < 1.29 is 14.4 Å². The highest BCUT2D eigenvalue weighted by molar-refractivity contribution is 7.30. The third kappa shape index (κ3) is 11.1. The Balaban J connectivity index is 0.000000148. The van der Waals surface area contributed by atoms with Gasteiger partial charge in [0.2, 0.25) is 0 Å². The number of nitrogens with zero attached hydrogens (tertiary/aromatic N) is 1.